The van der Waals surface area contributed by atoms with Crippen molar-refractivity contribution in [2.24, 2.45) is 5.73 Å². The highest BCUT2D eigenvalue weighted by atomic mass is 35.5. The summed E-state index contributed by atoms with van der Waals surface area (Å²) in [6.07, 6.45) is 3.61. The van der Waals surface area contributed by atoms with Gasteiger partial charge in [-0.05, 0) is 26.7 Å². The first-order valence-electron chi connectivity index (χ1n) is 5.46. The number of aromatic nitrogens is 1. The van der Waals surface area contributed by atoms with Gasteiger partial charge in [0.1, 0.15) is 4.88 Å². The molecule has 0 fully saturated rings. The molecule has 1 amide bonds. The lowest BCUT2D eigenvalue weighted by molar-refractivity contribution is 0.0919. The van der Waals surface area contributed by atoms with E-state index in [1.54, 1.807) is 6.20 Å². The molecule has 1 heterocycles. The Bertz CT molecular complexity index is 369. The number of hydrogen-bond donors (Lipinski definition) is 2. The van der Waals surface area contributed by atoms with Crippen molar-refractivity contribution in [2.75, 3.05) is 6.54 Å². The molecule has 3 N–H and O–H groups in total. The number of carbonyl (C=O) groups excluding carboxylic acids is 1. The summed E-state index contributed by atoms with van der Waals surface area (Å²) >= 11 is 1.45. The van der Waals surface area contributed by atoms with Crippen LogP contribution in [0.3, 0.4) is 0 Å². The third kappa shape index (κ3) is 6.00. The Morgan fingerprint density at radius 1 is 1.50 bits per heavy atom. The maximum absolute atomic E-state index is 11.8. The van der Waals surface area contributed by atoms with Crippen molar-refractivity contribution in [1.29, 1.82) is 0 Å². The highest BCUT2D eigenvalue weighted by Gasteiger charge is 2.20. The largest absolute Gasteiger partial charge is 0.345 e. The van der Waals surface area contributed by atoms with Crippen LogP contribution in [0.5, 0.6) is 0 Å². The van der Waals surface area contributed by atoms with Crippen LogP contribution in [0.15, 0.2) is 6.20 Å². The van der Waals surface area contributed by atoms with Crippen LogP contribution in [0.2, 0.25) is 0 Å². The van der Waals surface area contributed by atoms with Crippen molar-refractivity contribution in [1.82, 2.24) is 10.3 Å². The van der Waals surface area contributed by atoms with Gasteiger partial charge >= 0.3 is 0 Å². The van der Waals surface area contributed by atoms with E-state index >= 15 is 0 Å². The molecule has 0 aromatic carbocycles. The number of carbonyl (C=O) groups is 1. The maximum Gasteiger partial charge on any atom is 0.263 e. The fourth-order valence-electron chi connectivity index (χ4n) is 1.16. The van der Waals surface area contributed by atoms with E-state index in [1.165, 1.54) is 11.3 Å². The third-order valence-electron chi connectivity index (χ3n) is 2.20. The third-order valence-corrected chi connectivity index (χ3v) is 3.26. The zero-order valence-corrected chi connectivity index (χ0v) is 13.3. The van der Waals surface area contributed by atoms with Crippen LogP contribution in [0, 0.1) is 0 Å². The van der Waals surface area contributed by atoms with Gasteiger partial charge in [0.25, 0.3) is 5.91 Å². The number of nitrogens with zero attached hydrogens (tertiary/aromatic N) is 1. The molecule has 1 aromatic heterocycles. The van der Waals surface area contributed by atoms with E-state index in [9.17, 15) is 4.79 Å². The Morgan fingerprint density at radius 2 is 2.11 bits per heavy atom. The number of nitrogens with one attached hydrogen (secondary N) is 1. The van der Waals surface area contributed by atoms with Crippen LogP contribution in [-0.4, -0.2) is 23.0 Å². The van der Waals surface area contributed by atoms with Crippen LogP contribution in [0.25, 0.3) is 0 Å². The molecule has 0 unspecified atom stereocenters. The first kappa shape index (κ1) is 20.0. The fraction of sp³-hybridized carbons (Fsp3) is 0.636. The molecule has 4 nitrogen and oxygen atoms in total. The lowest BCUT2D eigenvalue weighted by atomic mass is 10.1. The fourth-order valence-corrected chi connectivity index (χ4v) is 2.08. The molecular weight excluding hydrogens is 293 g/mol. The Balaban J connectivity index is 0. The molecule has 0 saturated carbocycles. The predicted molar refractivity (Wildman–Crippen MR) is 81.2 cm³/mol. The van der Waals surface area contributed by atoms with Crippen LogP contribution >= 0.6 is 36.2 Å². The minimum absolute atomic E-state index is 0. The molecule has 0 aliphatic carbocycles. The summed E-state index contributed by atoms with van der Waals surface area (Å²) in [5.41, 5.74) is 5.19. The van der Waals surface area contributed by atoms with Crippen molar-refractivity contribution in [3.05, 3.63) is 16.1 Å². The molecule has 0 bridgehead atoms. The van der Waals surface area contributed by atoms with E-state index in [4.69, 9.17) is 5.73 Å². The van der Waals surface area contributed by atoms with Crippen molar-refractivity contribution in [3.8, 4) is 0 Å². The summed E-state index contributed by atoms with van der Waals surface area (Å²) in [6, 6.07) is 0. The predicted octanol–water partition coefficient (Wildman–Crippen LogP) is 2.41. The molecular formula is C11H21Cl2N3OS. The number of amides is 1. The van der Waals surface area contributed by atoms with E-state index < -0.39 is 0 Å². The van der Waals surface area contributed by atoms with Gasteiger partial charge in [-0.2, -0.15) is 0 Å². The van der Waals surface area contributed by atoms with Crippen LogP contribution in [0.4, 0.5) is 0 Å². The second-order valence-electron chi connectivity index (χ2n) is 4.41. The summed E-state index contributed by atoms with van der Waals surface area (Å²) in [4.78, 5) is 16.7. The number of nitrogens with two attached hydrogens (primary N) is 1. The highest BCUT2D eigenvalue weighted by Crippen LogP contribution is 2.15. The summed E-state index contributed by atoms with van der Waals surface area (Å²) in [6.45, 7) is 6.32. The first-order chi connectivity index (χ1) is 7.48. The van der Waals surface area contributed by atoms with E-state index in [1.807, 2.05) is 13.8 Å². The normalized spacial score (nSPS) is 10.2. The molecule has 18 heavy (non-hydrogen) atoms. The number of thiazole rings is 1. The topological polar surface area (TPSA) is 68.0 Å². The van der Waals surface area contributed by atoms with E-state index in [0.717, 1.165) is 17.8 Å². The average molecular weight is 314 g/mol. The van der Waals surface area contributed by atoms with Gasteiger partial charge in [0, 0.05) is 12.1 Å². The first-order valence-corrected chi connectivity index (χ1v) is 6.27. The zero-order valence-electron chi connectivity index (χ0n) is 10.9. The molecule has 106 valence electrons. The molecule has 7 heteroatoms. The lowest BCUT2D eigenvalue weighted by Crippen LogP contribution is -2.48. The van der Waals surface area contributed by atoms with Gasteiger partial charge in [0.2, 0.25) is 0 Å². The summed E-state index contributed by atoms with van der Waals surface area (Å²) in [5.74, 6) is -0.0877. The van der Waals surface area contributed by atoms with Crippen molar-refractivity contribution < 1.29 is 4.79 Å². The summed E-state index contributed by atoms with van der Waals surface area (Å²) in [5, 5.41) is 3.90. The molecule has 0 saturated heterocycles. The molecule has 0 radical (unpaired) electrons. The van der Waals surface area contributed by atoms with Gasteiger partial charge in [0.15, 0.2) is 0 Å². The SMILES string of the molecule is CCCc1ncc(C(=O)NC(C)(C)CN)s1.Cl.Cl. The van der Waals surface area contributed by atoms with E-state index in [2.05, 4.69) is 17.2 Å². The summed E-state index contributed by atoms with van der Waals surface area (Å²) in [7, 11) is 0. The molecule has 0 atom stereocenters. The second-order valence-corrected chi connectivity index (χ2v) is 5.53. The van der Waals surface area contributed by atoms with E-state index in [-0.39, 0.29) is 36.3 Å². The number of rotatable bonds is 5. The highest BCUT2D eigenvalue weighted by molar-refractivity contribution is 7.13. The van der Waals surface area contributed by atoms with Crippen molar-refractivity contribution in [3.63, 3.8) is 0 Å². The number of halogens is 2. The van der Waals surface area contributed by atoms with Gasteiger partial charge in [-0.25, -0.2) is 4.98 Å². The Hall–Kier alpha value is -0.360. The van der Waals surface area contributed by atoms with Gasteiger partial charge < -0.3 is 11.1 Å². The van der Waals surface area contributed by atoms with Gasteiger partial charge in [-0.1, -0.05) is 6.92 Å². The number of aryl methyl sites for hydroxylation is 1. The smallest absolute Gasteiger partial charge is 0.263 e. The standard InChI is InChI=1S/C11H19N3OS.2ClH/c1-4-5-9-13-6-8(16-9)10(15)14-11(2,3)7-12;;/h6H,4-5,7,12H2,1-3H3,(H,14,15);2*1H. The Kier molecular flexibility index (Phi) is 9.64. The lowest BCUT2D eigenvalue weighted by Gasteiger charge is -2.23. The Morgan fingerprint density at radius 3 is 2.61 bits per heavy atom. The summed E-state index contributed by atoms with van der Waals surface area (Å²) < 4.78 is 0. The minimum atomic E-state index is -0.369. The van der Waals surface area contributed by atoms with Crippen molar-refractivity contribution >= 4 is 42.1 Å². The van der Waals surface area contributed by atoms with Crippen LogP contribution < -0.4 is 11.1 Å². The maximum atomic E-state index is 11.8. The molecule has 1 aromatic rings. The molecule has 0 aliphatic rings. The monoisotopic (exact) mass is 313 g/mol. The second kappa shape index (κ2) is 8.69. The van der Waals surface area contributed by atoms with Gasteiger partial charge in [0.05, 0.1) is 11.2 Å². The quantitative estimate of drug-likeness (QED) is 0.877. The molecule has 1 rings (SSSR count). The van der Waals surface area contributed by atoms with Crippen LogP contribution in [0.1, 0.15) is 41.9 Å². The minimum Gasteiger partial charge on any atom is -0.345 e. The number of hydrogen-bond acceptors (Lipinski definition) is 4. The molecule has 0 spiro atoms. The Labute approximate surface area is 125 Å². The molecule has 0 aliphatic heterocycles. The van der Waals surface area contributed by atoms with Gasteiger partial charge in [-0.15, -0.1) is 36.2 Å². The van der Waals surface area contributed by atoms with Gasteiger partial charge in [-0.3, -0.25) is 4.79 Å². The van der Waals surface area contributed by atoms with E-state index in [0.29, 0.717) is 11.4 Å². The van der Waals surface area contributed by atoms with Crippen molar-refractivity contribution in [2.45, 2.75) is 39.2 Å². The zero-order chi connectivity index (χ0) is 12.2. The van der Waals surface area contributed by atoms with Crippen LogP contribution in [-0.2, 0) is 6.42 Å². The average Bonchev–Trinajstić information content (AvgIpc) is 2.66.